The summed E-state index contributed by atoms with van der Waals surface area (Å²) in [6.07, 6.45) is 4.21. The van der Waals surface area contributed by atoms with Crippen LogP contribution in [0.4, 0.5) is 0 Å². The molecule has 5 rings (SSSR count). The minimum Gasteiger partial charge on any atom is -0.508 e. The first-order valence-electron chi connectivity index (χ1n) is 12.1. The average molecular weight is 494 g/mol. The van der Waals surface area contributed by atoms with Gasteiger partial charge in [0.1, 0.15) is 5.75 Å². The van der Waals surface area contributed by atoms with Gasteiger partial charge in [-0.1, -0.05) is 29.8 Å². The molecule has 4 atom stereocenters. The van der Waals surface area contributed by atoms with E-state index >= 15 is 0 Å². The summed E-state index contributed by atoms with van der Waals surface area (Å²) < 4.78 is 11.8. The number of hydrogen-bond donors (Lipinski definition) is 1. The summed E-state index contributed by atoms with van der Waals surface area (Å²) in [7, 11) is 1.67. The molecule has 3 heterocycles. The van der Waals surface area contributed by atoms with Crippen molar-refractivity contribution in [1.29, 1.82) is 0 Å². The highest BCUT2D eigenvalue weighted by Crippen LogP contribution is 2.50. The third kappa shape index (κ3) is 4.73. The molecular formula is C28H31NO5S. The second-order valence-electron chi connectivity index (χ2n) is 9.72. The van der Waals surface area contributed by atoms with Crippen LogP contribution >= 0.6 is 11.3 Å². The van der Waals surface area contributed by atoms with E-state index in [-0.39, 0.29) is 41.4 Å². The Bertz CT molecular complexity index is 1170. The zero-order chi connectivity index (χ0) is 24.5. The zero-order valence-corrected chi connectivity index (χ0v) is 20.9. The number of nitrogens with zero attached hydrogens (tertiary/aromatic N) is 1. The normalized spacial score (nSPS) is 26.5. The molecule has 184 valence electrons. The van der Waals surface area contributed by atoms with Gasteiger partial charge >= 0.3 is 0 Å². The van der Waals surface area contributed by atoms with Gasteiger partial charge in [0.2, 0.25) is 11.8 Å². The van der Waals surface area contributed by atoms with Crippen LogP contribution in [0.5, 0.6) is 5.75 Å². The number of carbonyl (C=O) groups is 2. The molecule has 3 aliphatic rings. The molecule has 0 unspecified atom stereocenters. The molecule has 1 N–H and O–H groups in total. The molecular weight excluding hydrogens is 462 g/mol. The SMILES string of the molecule is COCC1=C2[C@@H](CC/C(C)=C/c3cccc(O)c3)OC[C@@H]2[C@@H]2C(=O)N(Cc3cccs3)C(=O)[C@@H]2C1. The zero-order valence-electron chi connectivity index (χ0n) is 20.1. The smallest absolute Gasteiger partial charge is 0.234 e. The van der Waals surface area contributed by atoms with Crippen molar-refractivity contribution in [3.05, 3.63) is 68.9 Å². The van der Waals surface area contributed by atoms with Gasteiger partial charge in [-0.3, -0.25) is 14.5 Å². The quantitative estimate of drug-likeness (QED) is 0.422. The van der Waals surface area contributed by atoms with Gasteiger partial charge in [0.15, 0.2) is 0 Å². The Morgan fingerprint density at radius 3 is 2.83 bits per heavy atom. The highest BCUT2D eigenvalue weighted by atomic mass is 32.1. The number of methoxy groups -OCH3 is 1. The molecule has 1 aliphatic carbocycles. The highest BCUT2D eigenvalue weighted by Gasteiger charge is 2.56. The maximum atomic E-state index is 13.5. The maximum Gasteiger partial charge on any atom is 0.234 e. The van der Waals surface area contributed by atoms with Crippen molar-refractivity contribution in [3.8, 4) is 5.75 Å². The van der Waals surface area contributed by atoms with Gasteiger partial charge in [0.25, 0.3) is 0 Å². The van der Waals surface area contributed by atoms with Crippen LogP contribution in [0.3, 0.4) is 0 Å². The minimum atomic E-state index is -0.341. The van der Waals surface area contributed by atoms with E-state index in [0.29, 0.717) is 26.2 Å². The van der Waals surface area contributed by atoms with E-state index in [2.05, 4.69) is 13.0 Å². The number of aromatic hydroxyl groups is 1. The lowest BCUT2D eigenvalue weighted by atomic mass is 9.69. The monoisotopic (exact) mass is 493 g/mol. The van der Waals surface area contributed by atoms with E-state index < -0.39 is 0 Å². The van der Waals surface area contributed by atoms with E-state index in [1.807, 2.05) is 29.6 Å². The van der Waals surface area contributed by atoms with Crippen molar-refractivity contribution in [3.63, 3.8) is 0 Å². The van der Waals surface area contributed by atoms with Gasteiger partial charge in [0.05, 0.1) is 37.7 Å². The molecule has 2 aromatic rings. The molecule has 2 amide bonds. The van der Waals surface area contributed by atoms with E-state index in [1.54, 1.807) is 30.6 Å². The summed E-state index contributed by atoms with van der Waals surface area (Å²) in [5, 5.41) is 11.7. The molecule has 2 saturated heterocycles. The Hall–Kier alpha value is -2.74. The largest absolute Gasteiger partial charge is 0.508 e. The number of hydrogen-bond acceptors (Lipinski definition) is 6. The van der Waals surface area contributed by atoms with Crippen LogP contribution in [0, 0.1) is 17.8 Å². The minimum absolute atomic E-state index is 0.0587. The number of imide groups is 1. The number of likely N-dealkylation sites (tertiary alicyclic amines) is 1. The number of thiophene rings is 1. The van der Waals surface area contributed by atoms with Crippen molar-refractivity contribution >= 4 is 29.2 Å². The van der Waals surface area contributed by atoms with Crippen LogP contribution in [-0.2, 0) is 25.6 Å². The van der Waals surface area contributed by atoms with Crippen LogP contribution in [0.2, 0.25) is 0 Å². The van der Waals surface area contributed by atoms with Crippen LogP contribution in [0.1, 0.15) is 36.6 Å². The lowest BCUT2D eigenvalue weighted by Gasteiger charge is -2.31. The van der Waals surface area contributed by atoms with Crippen molar-refractivity contribution in [2.75, 3.05) is 20.3 Å². The van der Waals surface area contributed by atoms with E-state index in [4.69, 9.17) is 9.47 Å². The van der Waals surface area contributed by atoms with Crippen molar-refractivity contribution < 1.29 is 24.2 Å². The van der Waals surface area contributed by atoms with E-state index in [9.17, 15) is 14.7 Å². The first-order chi connectivity index (χ1) is 17.0. The standard InChI is InChI=1S/C28H31NO5S/c1-17(11-18-5-3-6-20(30)12-18)8-9-24-25-19(15-33-2)13-22-26(23(25)16-34-24)28(32)29(27(22)31)14-21-7-4-10-35-21/h3-7,10-12,22-24,26,30H,8-9,13-16H2,1-2H3/b17-11+/t22-,23+,24-,26-/m1/s1. The van der Waals surface area contributed by atoms with Gasteiger partial charge in [-0.25, -0.2) is 0 Å². The molecule has 0 spiro atoms. The highest BCUT2D eigenvalue weighted by molar-refractivity contribution is 7.09. The summed E-state index contributed by atoms with van der Waals surface area (Å²) in [5.74, 6) is -0.596. The Balaban J connectivity index is 1.34. The molecule has 2 aliphatic heterocycles. The van der Waals surface area contributed by atoms with Gasteiger partial charge in [-0.2, -0.15) is 0 Å². The Morgan fingerprint density at radius 2 is 2.09 bits per heavy atom. The maximum absolute atomic E-state index is 13.5. The second-order valence-corrected chi connectivity index (χ2v) is 10.8. The molecule has 35 heavy (non-hydrogen) atoms. The van der Waals surface area contributed by atoms with Crippen molar-refractivity contribution in [1.82, 2.24) is 4.90 Å². The number of fused-ring (bicyclic) bond motifs is 3. The molecule has 1 aromatic carbocycles. The van der Waals surface area contributed by atoms with Crippen LogP contribution < -0.4 is 0 Å². The molecule has 6 nitrogen and oxygen atoms in total. The topological polar surface area (TPSA) is 76.1 Å². The van der Waals surface area contributed by atoms with E-state index in [0.717, 1.165) is 28.9 Å². The number of phenolic OH excluding ortho intramolecular Hbond substituents is 1. The number of carbonyl (C=O) groups excluding carboxylic acids is 2. The van der Waals surface area contributed by atoms with Crippen molar-refractivity contribution in [2.24, 2.45) is 17.8 Å². The van der Waals surface area contributed by atoms with Gasteiger partial charge in [-0.15, -0.1) is 11.3 Å². The number of allylic oxidation sites excluding steroid dienone is 1. The lowest BCUT2D eigenvalue weighted by Crippen LogP contribution is -2.35. The van der Waals surface area contributed by atoms with Crippen LogP contribution in [0.15, 0.2) is 58.5 Å². The summed E-state index contributed by atoms with van der Waals surface area (Å²) in [6, 6.07) is 11.1. The molecule has 7 heteroatoms. The number of benzene rings is 1. The van der Waals surface area contributed by atoms with Crippen LogP contribution in [0.25, 0.3) is 6.08 Å². The van der Waals surface area contributed by atoms with Gasteiger partial charge in [0, 0.05) is 17.9 Å². The molecule has 0 saturated carbocycles. The van der Waals surface area contributed by atoms with Crippen molar-refractivity contribution in [2.45, 2.75) is 38.8 Å². The third-order valence-corrected chi connectivity index (χ3v) is 8.26. The number of amides is 2. The summed E-state index contributed by atoms with van der Waals surface area (Å²) in [5.41, 5.74) is 4.46. The Labute approximate surface area is 209 Å². The first kappa shape index (κ1) is 24.0. The fourth-order valence-corrected chi connectivity index (χ4v) is 6.58. The summed E-state index contributed by atoms with van der Waals surface area (Å²) in [6.45, 7) is 3.36. The van der Waals surface area contributed by atoms with Gasteiger partial charge in [-0.05, 0) is 66.5 Å². The fourth-order valence-electron chi connectivity index (χ4n) is 5.89. The predicted octanol–water partition coefficient (Wildman–Crippen LogP) is 4.80. The Morgan fingerprint density at radius 1 is 1.23 bits per heavy atom. The van der Waals surface area contributed by atoms with E-state index in [1.165, 1.54) is 16.0 Å². The summed E-state index contributed by atoms with van der Waals surface area (Å²) >= 11 is 1.57. The van der Waals surface area contributed by atoms with Gasteiger partial charge < -0.3 is 14.6 Å². The first-order valence-corrected chi connectivity index (χ1v) is 13.0. The molecule has 2 fully saturated rings. The molecule has 0 bridgehead atoms. The third-order valence-electron chi connectivity index (χ3n) is 7.40. The van der Waals surface area contributed by atoms with Crippen LogP contribution in [-0.4, -0.2) is 48.2 Å². The second kappa shape index (κ2) is 10.1. The Kier molecular flexibility index (Phi) is 6.91. The molecule has 1 aromatic heterocycles. The molecule has 0 radical (unpaired) electrons. The fraction of sp³-hybridized carbons (Fsp3) is 0.429. The predicted molar refractivity (Wildman–Crippen MR) is 135 cm³/mol. The summed E-state index contributed by atoms with van der Waals surface area (Å²) in [4.78, 5) is 29.2. The lowest BCUT2D eigenvalue weighted by molar-refractivity contribution is -0.140. The number of phenols is 1. The number of rotatable bonds is 8. The number of ether oxygens (including phenoxy) is 2. The average Bonchev–Trinajstić information content (AvgIpc) is 3.55.